The van der Waals surface area contributed by atoms with Gasteiger partial charge in [0.05, 0.1) is 0 Å². The molecule has 0 amide bonds. The van der Waals surface area contributed by atoms with E-state index in [1.54, 1.807) is 8.61 Å². The number of piperazine rings is 1. The van der Waals surface area contributed by atoms with Crippen LogP contribution in [0, 0.1) is 0 Å². The minimum Gasteiger partial charge on any atom is -0.369 e. The summed E-state index contributed by atoms with van der Waals surface area (Å²) in [4.78, 5) is 2.18. The molecule has 2 aliphatic rings. The maximum atomic E-state index is 12.5. The van der Waals surface area contributed by atoms with Gasteiger partial charge in [-0.3, -0.25) is 0 Å². The smallest absolute Gasteiger partial charge is 0.282 e. The van der Waals surface area contributed by atoms with Crippen molar-refractivity contribution < 1.29 is 8.42 Å². The molecule has 2 saturated heterocycles. The Bertz CT molecular complexity index is 594. The Morgan fingerprint density at radius 2 is 1.52 bits per heavy atom. The van der Waals surface area contributed by atoms with Crippen LogP contribution in [-0.2, 0) is 10.2 Å². The van der Waals surface area contributed by atoms with Gasteiger partial charge in [0.25, 0.3) is 10.2 Å². The number of rotatable bonds is 3. The van der Waals surface area contributed by atoms with E-state index in [0.29, 0.717) is 44.3 Å². The number of hydrogen-bond donors (Lipinski definition) is 0. The van der Waals surface area contributed by atoms with Gasteiger partial charge in [-0.05, 0) is 31.0 Å². The molecule has 0 bridgehead atoms. The molecule has 3 rings (SSSR count). The zero-order valence-electron chi connectivity index (χ0n) is 11.9. The largest absolute Gasteiger partial charge is 0.369 e. The number of hydrogen-bond acceptors (Lipinski definition) is 3. The van der Waals surface area contributed by atoms with E-state index in [9.17, 15) is 8.42 Å². The van der Waals surface area contributed by atoms with Crippen LogP contribution in [0.25, 0.3) is 0 Å². The van der Waals surface area contributed by atoms with Crippen LogP contribution in [0.5, 0.6) is 0 Å². The number of benzene rings is 1. The Kier molecular flexibility index (Phi) is 4.40. The molecule has 0 radical (unpaired) electrons. The summed E-state index contributed by atoms with van der Waals surface area (Å²) >= 11 is 6.01. The molecule has 2 aliphatic heterocycles. The molecule has 7 heteroatoms. The molecule has 116 valence electrons. The quantitative estimate of drug-likeness (QED) is 0.849. The normalized spacial score (nSPS) is 21.9. The summed E-state index contributed by atoms with van der Waals surface area (Å²) in [6.45, 7) is 3.80. The highest BCUT2D eigenvalue weighted by molar-refractivity contribution is 7.86. The first kappa shape index (κ1) is 15.1. The van der Waals surface area contributed by atoms with E-state index in [2.05, 4.69) is 4.90 Å². The van der Waals surface area contributed by atoms with E-state index in [1.807, 2.05) is 24.3 Å². The van der Waals surface area contributed by atoms with Crippen LogP contribution in [0.2, 0.25) is 5.02 Å². The van der Waals surface area contributed by atoms with Gasteiger partial charge >= 0.3 is 0 Å². The van der Waals surface area contributed by atoms with Crippen LogP contribution < -0.4 is 4.90 Å². The molecule has 0 aliphatic carbocycles. The van der Waals surface area contributed by atoms with Crippen molar-refractivity contribution in [2.45, 2.75) is 12.8 Å². The summed E-state index contributed by atoms with van der Waals surface area (Å²) in [6, 6.07) is 7.70. The van der Waals surface area contributed by atoms with Gasteiger partial charge in [-0.15, -0.1) is 0 Å². The zero-order valence-corrected chi connectivity index (χ0v) is 13.5. The van der Waals surface area contributed by atoms with Gasteiger partial charge in [-0.25, -0.2) is 0 Å². The monoisotopic (exact) mass is 329 g/mol. The van der Waals surface area contributed by atoms with Crippen molar-refractivity contribution in [1.82, 2.24) is 8.61 Å². The van der Waals surface area contributed by atoms with Gasteiger partial charge < -0.3 is 4.90 Å². The van der Waals surface area contributed by atoms with E-state index in [4.69, 9.17) is 11.6 Å². The molecule has 0 aromatic heterocycles. The predicted octanol–water partition coefficient (Wildman–Crippen LogP) is 1.80. The molecular formula is C14H20ClN3O2S. The fourth-order valence-corrected chi connectivity index (χ4v) is 4.79. The van der Waals surface area contributed by atoms with Gasteiger partial charge in [-0.2, -0.15) is 17.0 Å². The summed E-state index contributed by atoms with van der Waals surface area (Å²) in [5, 5.41) is 0.708. The van der Waals surface area contributed by atoms with E-state index < -0.39 is 10.2 Å². The van der Waals surface area contributed by atoms with Crippen molar-refractivity contribution in [2.24, 2.45) is 0 Å². The Balaban J connectivity index is 1.65. The van der Waals surface area contributed by atoms with Crippen LogP contribution >= 0.6 is 11.6 Å². The van der Waals surface area contributed by atoms with Crippen molar-refractivity contribution in [3.8, 4) is 0 Å². The second-order valence-electron chi connectivity index (χ2n) is 5.48. The van der Waals surface area contributed by atoms with Crippen molar-refractivity contribution in [1.29, 1.82) is 0 Å². The second kappa shape index (κ2) is 6.12. The lowest BCUT2D eigenvalue weighted by Crippen LogP contribution is -2.52. The first-order valence-corrected chi connectivity index (χ1v) is 9.10. The van der Waals surface area contributed by atoms with Crippen LogP contribution in [0.3, 0.4) is 0 Å². The lowest BCUT2D eigenvalue weighted by atomic mass is 10.2. The molecule has 0 atom stereocenters. The molecule has 0 saturated carbocycles. The van der Waals surface area contributed by atoms with Crippen LogP contribution in [0.15, 0.2) is 24.3 Å². The summed E-state index contributed by atoms with van der Waals surface area (Å²) in [6.07, 6.45) is 1.95. The number of halogens is 1. The lowest BCUT2D eigenvalue weighted by molar-refractivity contribution is 0.343. The molecule has 1 aromatic carbocycles. The summed E-state index contributed by atoms with van der Waals surface area (Å²) in [5.74, 6) is 0. The number of nitrogens with zero attached hydrogens (tertiary/aromatic N) is 3. The summed E-state index contributed by atoms with van der Waals surface area (Å²) < 4.78 is 28.2. The van der Waals surface area contributed by atoms with E-state index in [1.165, 1.54) is 0 Å². The predicted molar refractivity (Wildman–Crippen MR) is 85.0 cm³/mol. The maximum Gasteiger partial charge on any atom is 0.282 e. The maximum absolute atomic E-state index is 12.5. The third-order valence-corrected chi connectivity index (χ3v) is 6.40. The molecule has 2 fully saturated rings. The molecule has 0 N–H and O–H groups in total. The third-order valence-electron chi connectivity index (χ3n) is 4.13. The summed E-state index contributed by atoms with van der Waals surface area (Å²) in [5.41, 5.74) is 1.06. The zero-order chi connectivity index (χ0) is 14.9. The van der Waals surface area contributed by atoms with Crippen LogP contribution in [-0.4, -0.2) is 56.3 Å². The highest BCUT2D eigenvalue weighted by atomic mass is 35.5. The van der Waals surface area contributed by atoms with Crippen molar-refractivity contribution in [3.05, 3.63) is 29.3 Å². The van der Waals surface area contributed by atoms with Crippen molar-refractivity contribution in [3.63, 3.8) is 0 Å². The third kappa shape index (κ3) is 3.18. The van der Waals surface area contributed by atoms with Gasteiger partial charge in [-0.1, -0.05) is 17.7 Å². The molecule has 0 spiro atoms. The average Bonchev–Trinajstić information content (AvgIpc) is 3.02. The molecular weight excluding hydrogens is 310 g/mol. The summed E-state index contributed by atoms with van der Waals surface area (Å²) in [7, 11) is -3.26. The minimum absolute atomic E-state index is 0.533. The van der Waals surface area contributed by atoms with E-state index in [0.717, 1.165) is 18.5 Å². The first-order valence-electron chi connectivity index (χ1n) is 7.33. The first-order chi connectivity index (χ1) is 10.1. The van der Waals surface area contributed by atoms with Crippen LogP contribution in [0.4, 0.5) is 5.69 Å². The molecule has 2 heterocycles. The topological polar surface area (TPSA) is 43.9 Å². The average molecular weight is 330 g/mol. The highest BCUT2D eigenvalue weighted by Gasteiger charge is 2.33. The minimum atomic E-state index is -3.26. The number of anilines is 1. The van der Waals surface area contributed by atoms with Gasteiger partial charge in [0.1, 0.15) is 0 Å². The van der Waals surface area contributed by atoms with E-state index >= 15 is 0 Å². The van der Waals surface area contributed by atoms with Crippen molar-refractivity contribution in [2.75, 3.05) is 44.2 Å². The Morgan fingerprint density at radius 3 is 2.14 bits per heavy atom. The Labute approximate surface area is 131 Å². The molecule has 5 nitrogen and oxygen atoms in total. The second-order valence-corrected chi connectivity index (χ2v) is 7.84. The molecule has 21 heavy (non-hydrogen) atoms. The molecule has 0 unspecified atom stereocenters. The van der Waals surface area contributed by atoms with Gasteiger partial charge in [0.2, 0.25) is 0 Å². The van der Waals surface area contributed by atoms with Gasteiger partial charge in [0, 0.05) is 50.0 Å². The highest BCUT2D eigenvalue weighted by Crippen LogP contribution is 2.23. The van der Waals surface area contributed by atoms with Crippen molar-refractivity contribution >= 4 is 27.5 Å². The standard InChI is InChI=1S/C14H20ClN3O2S/c15-13-4-3-5-14(12-13)16-8-10-18(11-9-16)21(19,20)17-6-1-2-7-17/h3-5,12H,1-2,6-11H2. The fourth-order valence-electron chi connectivity index (χ4n) is 2.93. The fraction of sp³-hybridized carbons (Fsp3) is 0.571. The molecule has 1 aromatic rings. The van der Waals surface area contributed by atoms with Gasteiger partial charge in [0.15, 0.2) is 0 Å². The Morgan fingerprint density at radius 1 is 0.905 bits per heavy atom. The Hall–Kier alpha value is -0.820. The SMILES string of the molecule is O=S(=O)(N1CCCC1)N1CCN(c2cccc(Cl)c2)CC1. The van der Waals surface area contributed by atoms with Crippen LogP contribution in [0.1, 0.15) is 12.8 Å². The van der Waals surface area contributed by atoms with E-state index in [-0.39, 0.29) is 0 Å². The lowest BCUT2D eigenvalue weighted by Gasteiger charge is -2.37.